The van der Waals surface area contributed by atoms with Crippen LogP contribution in [0.2, 0.25) is 5.02 Å². The number of carbonyl (C=O) groups is 1. The average molecular weight is 355 g/mol. The average Bonchev–Trinajstić information content (AvgIpc) is 2.65. The molecule has 1 saturated heterocycles. The molecule has 1 fully saturated rings. The van der Waals surface area contributed by atoms with Gasteiger partial charge in [0.1, 0.15) is 0 Å². The minimum absolute atomic E-state index is 0.0921. The van der Waals surface area contributed by atoms with Crippen LogP contribution in [0.15, 0.2) is 60.2 Å². The zero-order valence-corrected chi connectivity index (χ0v) is 15.2. The van der Waals surface area contributed by atoms with Gasteiger partial charge in [-0.3, -0.25) is 9.69 Å². The molecule has 4 heteroatoms. The molecule has 1 aliphatic rings. The Hall–Kier alpha value is -1.94. The van der Waals surface area contributed by atoms with Gasteiger partial charge >= 0.3 is 0 Å². The van der Waals surface area contributed by atoms with E-state index in [2.05, 4.69) is 16.8 Å². The van der Waals surface area contributed by atoms with Crippen molar-refractivity contribution in [2.24, 2.45) is 0 Å². The Morgan fingerprint density at radius 1 is 1.00 bits per heavy atom. The van der Waals surface area contributed by atoms with E-state index in [1.807, 2.05) is 60.7 Å². The van der Waals surface area contributed by atoms with Crippen LogP contribution < -0.4 is 0 Å². The minimum Gasteiger partial charge on any atom is -0.304 e. The molecule has 3 rings (SSSR count). The maximum Gasteiger partial charge on any atom is 0.190 e. The molecular weight excluding hydrogens is 332 g/mol. The molecule has 1 aliphatic heterocycles. The fourth-order valence-electron chi connectivity index (χ4n) is 2.96. The van der Waals surface area contributed by atoms with Crippen molar-refractivity contribution in [2.75, 3.05) is 39.8 Å². The van der Waals surface area contributed by atoms with Crippen LogP contribution in [0, 0.1) is 0 Å². The minimum atomic E-state index is 0.0921. The van der Waals surface area contributed by atoms with Crippen LogP contribution in [0.5, 0.6) is 0 Å². The zero-order chi connectivity index (χ0) is 17.6. The summed E-state index contributed by atoms with van der Waals surface area (Å²) in [6, 6.07) is 17.1. The lowest BCUT2D eigenvalue weighted by atomic mass is 10.00. The van der Waals surface area contributed by atoms with Gasteiger partial charge in [-0.1, -0.05) is 54.1 Å². The number of nitrogens with zero attached hydrogens (tertiary/aromatic N) is 2. The number of carbonyl (C=O) groups excluding carboxylic acids is 1. The molecule has 0 radical (unpaired) electrons. The molecule has 25 heavy (non-hydrogen) atoms. The molecule has 1 heterocycles. The van der Waals surface area contributed by atoms with Crippen molar-refractivity contribution in [1.29, 1.82) is 0 Å². The summed E-state index contributed by atoms with van der Waals surface area (Å²) in [5, 5.41) is 0.701. The van der Waals surface area contributed by atoms with Crippen LogP contribution in [-0.4, -0.2) is 55.4 Å². The second kappa shape index (κ2) is 8.43. The van der Waals surface area contributed by atoms with E-state index in [1.165, 1.54) is 0 Å². The number of hydrogen-bond donors (Lipinski definition) is 0. The molecule has 3 nitrogen and oxygen atoms in total. The largest absolute Gasteiger partial charge is 0.304 e. The van der Waals surface area contributed by atoms with Crippen LogP contribution in [0.3, 0.4) is 0 Å². The number of hydrogen-bond acceptors (Lipinski definition) is 3. The van der Waals surface area contributed by atoms with Crippen LogP contribution in [0.25, 0.3) is 6.08 Å². The van der Waals surface area contributed by atoms with E-state index in [0.29, 0.717) is 11.6 Å². The number of ketones is 1. The van der Waals surface area contributed by atoms with Gasteiger partial charge in [-0.2, -0.15) is 0 Å². The highest BCUT2D eigenvalue weighted by atomic mass is 35.5. The Bertz CT molecular complexity index is 732. The molecule has 0 unspecified atom stereocenters. The first-order valence-electron chi connectivity index (χ1n) is 8.58. The fraction of sp³-hybridized carbons (Fsp3) is 0.286. The number of benzene rings is 2. The predicted molar refractivity (Wildman–Crippen MR) is 104 cm³/mol. The summed E-state index contributed by atoms with van der Waals surface area (Å²) in [6.45, 7) is 4.71. The van der Waals surface area contributed by atoms with Crippen molar-refractivity contribution in [3.05, 3.63) is 76.3 Å². The summed E-state index contributed by atoms with van der Waals surface area (Å²) in [5.74, 6) is 0.0921. The lowest BCUT2D eigenvalue weighted by Crippen LogP contribution is -2.45. The van der Waals surface area contributed by atoms with E-state index < -0.39 is 0 Å². The molecule has 2 aromatic carbocycles. The van der Waals surface area contributed by atoms with Crippen molar-refractivity contribution in [2.45, 2.75) is 0 Å². The molecule has 0 amide bonds. The third kappa shape index (κ3) is 5.02. The van der Waals surface area contributed by atoms with Gasteiger partial charge in [0, 0.05) is 48.9 Å². The third-order valence-electron chi connectivity index (χ3n) is 4.53. The SMILES string of the molecule is CN1CCN(C/C(=C\c2ccc(Cl)cc2)C(=O)c2ccccc2)CC1. The van der Waals surface area contributed by atoms with Gasteiger partial charge in [0.25, 0.3) is 0 Å². The van der Waals surface area contributed by atoms with Crippen LogP contribution in [0.4, 0.5) is 0 Å². The smallest absolute Gasteiger partial charge is 0.190 e. The zero-order valence-electron chi connectivity index (χ0n) is 14.5. The van der Waals surface area contributed by atoms with Crippen molar-refractivity contribution in [1.82, 2.24) is 9.80 Å². The molecule has 0 atom stereocenters. The molecule has 0 saturated carbocycles. The summed E-state index contributed by atoms with van der Waals surface area (Å²) >= 11 is 5.98. The Kier molecular flexibility index (Phi) is 6.03. The third-order valence-corrected chi connectivity index (χ3v) is 4.78. The first-order chi connectivity index (χ1) is 12.1. The highest BCUT2D eigenvalue weighted by molar-refractivity contribution is 6.30. The van der Waals surface area contributed by atoms with E-state index >= 15 is 0 Å². The first kappa shape index (κ1) is 17.9. The maximum absolute atomic E-state index is 13.0. The molecule has 130 valence electrons. The highest BCUT2D eigenvalue weighted by Gasteiger charge is 2.19. The van der Waals surface area contributed by atoms with E-state index in [-0.39, 0.29) is 5.78 Å². The van der Waals surface area contributed by atoms with Crippen LogP contribution >= 0.6 is 11.6 Å². The summed E-state index contributed by atoms with van der Waals surface area (Å²) in [7, 11) is 2.14. The number of Topliss-reactive ketones (excluding diaryl/α,β-unsaturated/α-hetero) is 1. The number of rotatable bonds is 5. The van der Waals surface area contributed by atoms with Crippen molar-refractivity contribution >= 4 is 23.5 Å². The summed E-state index contributed by atoms with van der Waals surface area (Å²) in [6.07, 6.45) is 1.99. The van der Waals surface area contributed by atoms with Crippen LogP contribution in [-0.2, 0) is 0 Å². The van der Waals surface area contributed by atoms with Gasteiger partial charge in [0.15, 0.2) is 5.78 Å². The standard InChI is InChI=1S/C21H23ClN2O/c1-23-11-13-24(14-12-23)16-19(15-17-7-9-20(22)10-8-17)21(25)18-5-3-2-4-6-18/h2-10,15H,11-14,16H2,1H3/b19-15+. The lowest BCUT2D eigenvalue weighted by molar-refractivity contribution is 0.101. The summed E-state index contributed by atoms with van der Waals surface area (Å²) in [4.78, 5) is 17.7. The van der Waals surface area contributed by atoms with Gasteiger partial charge in [0.2, 0.25) is 0 Å². The highest BCUT2D eigenvalue weighted by Crippen LogP contribution is 2.17. The quantitative estimate of drug-likeness (QED) is 0.602. The normalized spacial score (nSPS) is 16.8. The van der Waals surface area contributed by atoms with Gasteiger partial charge in [-0.25, -0.2) is 0 Å². The van der Waals surface area contributed by atoms with Crippen molar-refractivity contribution in [3.63, 3.8) is 0 Å². The predicted octanol–water partition coefficient (Wildman–Crippen LogP) is 3.85. The topological polar surface area (TPSA) is 23.6 Å². The Morgan fingerprint density at radius 3 is 2.28 bits per heavy atom. The molecule has 0 aromatic heterocycles. The molecular formula is C21H23ClN2O. The molecule has 0 N–H and O–H groups in total. The van der Waals surface area contributed by atoms with Gasteiger partial charge in [-0.05, 0) is 30.8 Å². The Morgan fingerprint density at radius 2 is 1.64 bits per heavy atom. The van der Waals surface area contributed by atoms with Crippen molar-refractivity contribution in [3.8, 4) is 0 Å². The van der Waals surface area contributed by atoms with Crippen LogP contribution in [0.1, 0.15) is 15.9 Å². The van der Waals surface area contributed by atoms with E-state index in [9.17, 15) is 4.79 Å². The number of halogens is 1. The number of piperazine rings is 1. The maximum atomic E-state index is 13.0. The molecule has 2 aromatic rings. The van der Waals surface area contributed by atoms with Gasteiger partial charge in [-0.15, -0.1) is 0 Å². The second-order valence-electron chi connectivity index (χ2n) is 6.50. The number of likely N-dealkylation sites (N-methyl/N-ethyl adjacent to an activating group) is 1. The van der Waals surface area contributed by atoms with E-state index in [1.54, 1.807) is 0 Å². The second-order valence-corrected chi connectivity index (χ2v) is 6.93. The Labute approximate surface area is 154 Å². The van der Waals surface area contributed by atoms with Crippen molar-refractivity contribution < 1.29 is 4.79 Å². The summed E-state index contributed by atoms with van der Waals surface area (Å²) < 4.78 is 0. The lowest BCUT2D eigenvalue weighted by Gasteiger charge is -2.32. The monoisotopic (exact) mass is 354 g/mol. The fourth-order valence-corrected chi connectivity index (χ4v) is 3.09. The first-order valence-corrected chi connectivity index (χ1v) is 8.96. The molecule has 0 spiro atoms. The molecule has 0 aliphatic carbocycles. The van der Waals surface area contributed by atoms with E-state index in [0.717, 1.165) is 42.9 Å². The Balaban J connectivity index is 1.85. The summed E-state index contributed by atoms with van der Waals surface area (Å²) in [5.41, 5.74) is 2.55. The van der Waals surface area contributed by atoms with Gasteiger partial charge < -0.3 is 4.90 Å². The molecule has 0 bridgehead atoms. The van der Waals surface area contributed by atoms with E-state index in [4.69, 9.17) is 11.6 Å². The van der Waals surface area contributed by atoms with Gasteiger partial charge in [0.05, 0.1) is 0 Å².